The molecule has 1 saturated carbocycles. The van der Waals surface area contributed by atoms with Crippen LogP contribution < -0.4 is 0 Å². The standard InChI is InChI=1S/C30H32O3/c1-20-14-26(19-24-6-2-3-8-28(20)24)29(31)12-10-21-15-23-11-9-22(17-25(23)16-21)18-27-7-4-5-13-30(27,32)33/h2-3,6,8-9,11,14-17,19,25,27-28,32-33H,1,4-5,7,10,12-13,18H2. The van der Waals surface area contributed by atoms with E-state index in [0.717, 1.165) is 42.4 Å². The maximum Gasteiger partial charge on any atom is 0.165 e. The lowest BCUT2D eigenvalue weighted by Crippen LogP contribution is -2.40. The van der Waals surface area contributed by atoms with E-state index in [1.165, 1.54) is 16.7 Å². The number of carbonyl (C=O) groups is 1. The molecule has 33 heavy (non-hydrogen) atoms. The second-order valence-electron chi connectivity index (χ2n) is 9.98. The maximum atomic E-state index is 12.9. The third-order valence-electron chi connectivity index (χ3n) is 7.59. The molecular weight excluding hydrogens is 408 g/mol. The van der Waals surface area contributed by atoms with Crippen molar-refractivity contribution in [3.05, 3.63) is 107 Å². The zero-order valence-corrected chi connectivity index (χ0v) is 19.0. The number of carbonyl (C=O) groups excluding carboxylic acids is 1. The summed E-state index contributed by atoms with van der Waals surface area (Å²) in [6, 6.07) is 0. The number of rotatable bonds is 6. The molecule has 5 aliphatic carbocycles. The summed E-state index contributed by atoms with van der Waals surface area (Å²) in [6.45, 7) is 4.15. The van der Waals surface area contributed by atoms with Crippen LogP contribution in [0.4, 0.5) is 0 Å². The second kappa shape index (κ2) is 8.89. The summed E-state index contributed by atoms with van der Waals surface area (Å²) in [5.41, 5.74) is 6.48. The van der Waals surface area contributed by atoms with Gasteiger partial charge in [0.15, 0.2) is 11.6 Å². The first-order valence-electron chi connectivity index (χ1n) is 12.1. The predicted octanol–water partition coefficient (Wildman–Crippen LogP) is 5.74. The van der Waals surface area contributed by atoms with E-state index in [4.69, 9.17) is 0 Å². The molecule has 0 amide bonds. The number of fused-ring (bicyclic) bond motifs is 2. The van der Waals surface area contributed by atoms with Gasteiger partial charge in [0.05, 0.1) is 0 Å². The van der Waals surface area contributed by atoms with E-state index in [9.17, 15) is 15.0 Å². The van der Waals surface area contributed by atoms with Gasteiger partial charge in [0.1, 0.15) is 0 Å². The van der Waals surface area contributed by atoms with Crippen molar-refractivity contribution in [2.24, 2.45) is 17.8 Å². The Kier molecular flexibility index (Phi) is 5.94. The van der Waals surface area contributed by atoms with E-state index in [1.54, 1.807) is 0 Å². The minimum atomic E-state index is -1.54. The molecule has 0 saturated heterocycles. The number of aliphatic hydroxyl groups is 2. The molecule has 0 spiro atoms. The number of allylic oxidation sites excluding steroid dienone is 17. The van der Waals surface area contributed by atoms with Crippen LogP contribution in [0.25, 0.3) is 0 Å². The summed E-state index contributed by atoms with van der Waals surface area (Å²) in [6.07, 6.45) is 28.3. The van der Waals surface area contributed by atoms with Gasteiger partial charge in [-0.15, -0.1) is 0 Å². The predicted molar refractivity (Wildman–Crippen MR) is 132 cm³/mol. The fraction of sp³-hybridized carbons (Fsp3) is 0.367. The SMILES string of the molecule is C=C1C=C(C(=O)CCC2=CC3C=C(CC4CCCCC4(O)O)C=CC3=C2)C=C2C=CC=CC12. The first-order valence-corrected chi connectivity index (χ1v) is 12.1. The molecule has 5 aliphatic rings. The van der Waals surface area contributed by atoms with Gasteiger partial charge < -0.3 is 10.2 Å². The van der Waals surface area contributed by atoms with Gasteiger partial charge in [0, 0.05) is 36.2 Å². The highest BCUT2D eigenvalue weighted by Crippen LogP contribution is 2.39. The quantitative estimate of drug-likeness (QED) is 0.518. The largest absolute Gasteiger partial charge is 0.365 e. The summed E-state index contributed by atoms with van der Waals surface area (Å²) in [7, 11) is 0. The maximum absolute atomic E-state index is 12.9. The topological polar surface area (TPSA) is 57.5 Å². The van der Waals surface area contributed by atoms with Crippen LogP contribution in [-0.2, 0) is 4.79 Å². The highest BCUT2D eigenvalue weighted by molar-refractivity contribution is 5.99. The third-order valence-corrected chi connectivity index (χ3v) is 7.59. The fourth-order valence-electron chi connectivity index (χ4n) is 5.64. The van der Waals surface area contributed by atoms with Gasteiger partial charge in [0.2, 0.25) is 0 Å². The normalized spacial score (nSPS) is 29.5. The summed E-state index contributed by atoms with van der Waals surface area (Å²) in [4.78, 5) is 12.9. The van der Waals surface area contributed by atoms with Crippen LogP contribution in [0.5, 0.6) is 0 Å². The molecule has 0 radical (unpaired) electrons. The molecule has 0 aromatic carbocycles. The molecule has 0 heterocycles. The molecule has 3 atom stereocenters. The Morgan fingerprint density at radius 3 is 2.70 bits per heavy atom. The Morgan fingerprint density at radius 2 is 1.85 bits per heavy atom. The smallest absolute Gasteiger partial charge is 0.165 e. The van der Waals surface area contributed by atoms with Crippen LogP contribution in [0.15, 0.2) is 107 Å². The molecule has 170 valence electrons. The van der Waals surface area contributed by atoms with E-state index < -0.39 is 5.79 Å². The summed E-state index contributed by atoms with van der Waals surface area (Å²) in [5, 5.41) is 20.7. The Labute approximate surface area is 196 Å². The minimum Gasteiger partial charge on any atom is -0.365 e. The molecular formula is C30H32O3. The van der Waals surface area contributed by atoms with Crippen molar-refractivity contribution in [3.8, 4) is 0 Å². The van der Waals surface area contributed by atoms with Crippen LogP contribution in [0.2, 0.25) is 0 Å². The van der Waals surface area contributed by atoms with E-state index in [2.05, 4.69) is 49.1 Å². The van der Waals surface area contributed by atoms with E-state index in [0.29, 0.717) is 19.3 Å². The molecule has 0 bridgehead atoms. The van der Waals surface area contributed by atoms with Gasteiger partial charge in [-0.3, -0.25) is 4.79 Å². The molecule has 5 rings (SSSR count). The Balaban J connectivity index is 1.20. The lowest BCUT2D eigenvalue weighted by Gasteiger charge is -2.36. The summed E-state index contributed by atoms with van der Waals surface area (Å²) >= 11 is 0. The molecule has 3 nitrogen and oxygen atoms in total. The second-order valence-corrected chi connectivity index (χ2v) is 9.98. The fourth-order valence-corrected chi connectivity index (χ4v) is 5.64. The van der Waals surface area contributed by atoms with Crippen LogP contribution in [-0.4, -0.2) is 21.8 Å². The van der Waals surface area contributed by atoms with Gasteiger partial charge in [-0.05, 0) is 54.6 Å². The number of hydrogen-bond donors (Lipinski definition) is 2. The molecule has 2 N–H and O–H groups in total. The molecule has 1 fully saturated rings. The van der Waals surface area contributed by atoms with Crippen molar-refractivity contribution in [2.75, 3.05) is 0 Å². The Hall–Kier alpha value is -2.75. The Bertz CT molecular complexity index is 1110. The first-order chi connectivity index (χ1) is 15.9. The van der Waals surface area contributed by atoms with Gasteiger partial charge in [-0.25, -0.2) is 0 Å². The van der Waals surface area contributed by atoms with Crippen molar-refractivity contribution in [3.63, 3.8) is 0 Å². The number of ketones is 1. The third kappa shape index (κ3) is 4.66. The summed E-state index contributed by atoms with van der Waals surface area (Å²) < 4.78 is 0. The highest BCUT2D eigenvalue weighted by Gasteiger charge is 2.37. The minimum absolute atomic E-state index is 0.100. The van der Waals surface area contributed by atoms with Gasteiger partial charge >= 0.3 is 0 Å². The van der Waals surface area contributed by atoms with E-state index in [1.807, 2.05) is 24.3 Å². The van der Waals surface area contributed by atoms with Crippen molar-refractivity contribution in [1.82, 2.24) is 0 Å². The average Bonchev–Trinajstić information content (AvgIpc) is 3.21. The number of hydrogen-bond acceptors (Lipinski definition) is 3. The molecule has 3 unspecified atom stereocenters. The van der Waals surface area contributed by atoms with Gasteiger partial charge in [-0.1, -0.05) is 78.8 Å². The van der Waals surface area contributed by atoms with Crippen molar-refractivity contribution >= 4 is 5.78 Å². The lowest BCUT2D eigenvalue weighted by molar-refractivity contribution is -0.216. The number of Topliss-reactive ketones (excluding diaryl/α,β-unsaturated/α-hetero) is 1. The van der Waals surface area contributed by atoms with E-state index >= 15 is 0 Å². The van der Waals surface area contributed by atoms with Crippen molar-refractivity contribution in [2.45, 2.75) is 50.7 Å². The van der Waals surface area contributed by atoms with Gasteiger partial charge in [0.25, 0.3) is 0 Å². The Morgan fingerprint density at radius 1 is 1.00 bits per heavy atom. The van der Waals surface area contributed by atoms with Gasteiger partial charge in [-0.2, -0.15) is 0 Å². The van der Waals surface area contributed by atoms with Crippen LogP contribution in [0, 0.1) is 17.8 Å². The molecule has 0 aliphatic heterocycles. The van der Waals surface area contributed by atoms with E-state index in [-0.39, 0.29) is 23.5 Å². The van der Waals surface area contributed by atoms with Crippen molar-refractivity contribution in [1.29, 1.82) is 0 Å². The average molecular weight is 441 g/mol. The van der Waals surface area contributed by atoms with Crippen LogP contribution in [0.3, 0.4) is 0 Å². The molecule has 3 heteroatoms. The van der Waals surface area contributed by atoms with Crippen molar-refractivity contribution < 1.29 is 15.0 Å². The summed E-state index contributed by atoms with van der Waals surface area (Å²) in [5.74, 6) is -1.07. The zero-order chi connectivity index (χ0) is 23.0. The first kappa shape index (κ1) is 22.1. The highest BCUT2D eigenvalue weighted by atomic mass is 16.5. The zero-order valence-electron chi connectivity index (χ0n) is 19.0. The molecule has 0 aromatic rings. The van der Waals surface area contributed by atoms with Crippen LogP contribution >= 0.6 is 0 Å². The lowest BCUT2D eigenvalue weighted by atomic mass is 9.78. The van der Waals surface area contributed by atoms with Crippen LogP contribution in [0.1, 0.15) is 44.9 Å². The molecule has 0 aromatic heterocycles. The monoisotopic (exact) mass is 440 g/mol.